The number of hydrogen-bond donors (Lipinski definition) is 1. The van der Waals surface area contributed by atoms with Crippen molar-refractivity contribution in [1.82, 2.24) is 0 Å². The summed E-state index contributed by atoms with van der Waals surface area (Å²) < 4.78 is 5.04. The first-order valence-corrected chi connectivity index (χ1v) is 2.60. The van der Waals surface area contributed by atoms with Gasteiger partial charge in [0, 0.05) is 0 Å². The smallest absolute Gasteiger partial charge is 0.111 e. The third-order valence-corrected chi connectivity index (χ3v) is 0.573. The van der Waals surface area contributed by atoms with Crippen LogP contribution in [0.25, 0.3) is 0 Å². The summed E-state index contributed by atoms with van der Waals surface area (Å²) in [7, 11) is 0. The van der Waals surface area contributed by atoms with Gasteiger partial charge in [0.15, 0.2) is 0 Å². The van der Waals surface area contributed by atoms with Gasteiger partial charge in [0.1, 0.15) is 5.72 Å². The molecular weight excluding hydrogens is 102 g/mol. The maximum Gasteiger partial charge on any atom is 0.111 e. The standard InChI is InChI=1S/C6H13NO/c1-4-5-8-6(2,3)7/h4H,1,5,7H2,2-3H3. The molecule has 0 aliphatic carbocycles. The molecule has 0 aliphatic heterocycles. The fourth-order valence-electron chi connectivity index (χ4n) is 0.274. The molecule has 2 heteroatoms. The minimum absolute atomic E-state index is 0.517. The molecule has 2 nitrogen and oxygen atoms in total. The Morgan fingerprint density at radius 1 is 1.75 bits per heavy atom. The lowest BCUT2D eigenvalue weighted by atomic mass is 10.3. The third kappa shape index (κ3) is 5.66. The maximum atomic E-state index is 5.45. The molecule has 0 radical (unpaired) electrons. The molecule has 0 amide bonds. The summed E-state index contributed by atoms with van der Waals surface area (Å²) in [5.74, 6) is 0. The van der Waals surface area contributed by atoms with Crippen LogP contribution in [0.4, 0.5) is 0 Å². The molecule has 0 aromatic rings. The van der Waals surface area contributed by atoms with Crippen molar-refractivity contribution in [3.63, 3.8) is 0 Å². The quantitative estimate of drug-likeness (QED) is 0.438. The van der Waals surface area contributed by atoms with Gasteiger partial charge in [0.25, 0.3) is 0 Å². The Morgan fingerprint density at radius 3 is 2.38 bits per heavy atom. The number of hydrogen-bond acceptors (Lipinski definition) is 2. The molecule has 0 aromatic heterocycles. The van der Waals surface area contributed by atoms with E-state index in [2.05, 4.69) is 6.58 Å². The Kier molecular flexibility index (Phi) is 2.72. The second kappa shape index (κ2) is 2.84. The van der Waals surface area contributed by atoms with Crippen molar-refractivity contribution in [1.29, 1.82) is 0 Å². The summed E-state index contributed by atoms with van der Waals surface area (Å²) in [5.41, 5.74) is 4.93. The lowest BCUT2D eigenvalue weighted by Crippen LogP contribution is -2.35. The molecule has 0 heterocycles. The van der Waals surface area contributed by atoms with Crippen molar-refractivity contribution in [2.75, 3.05) is 6.61 Å². The van der Waals surface area contributed by atoms with E-state index in [0.717, 1.165) is 0 Å². The molecule has 0 rings (SSSR count). The van der Waals surface area contributed by atoms with E-state index in [-0.39, 0.29) is 0 Å². The van der Waals surface area contributed by atoms with E-state index < -0.39 is 5.72 Å². The molecule has 2 N–H and O–H groups in total. The first-order chi connectivity index (χ1) is 3.56. The van der Waals surface area contributed by atoms with Crippen LogP contribution in [0.3, 0.4) is 0 Å². The largest absolute Gasteiger partial charge is 0.357 e. The van der Waals surface area contributed by atoms with Crippen LogP contribution < -0.4 is 5.73 Å². The van der Waals surface area contributed by atoms with Crippen LogP contribution in [0, 0.1) is 0 Å². The fraction of sp³-hybridized carbons (Fsp3) is 0.667. The summed E-state index contributed by atoms with van der Waals surface area (Å²) in [4.78, 5) is 0. The van der Waals surface area contributed by atoms with Crippen LogP contribution in [0.2, 0.25) is 0 Å². The van der Waals surface area contributed by atoms with E-state index in [1.807, 2.05) is 0 Å². The van der Waals surface area contributed by atoms with Crippen molar-refractivity contribution in [2.45, 2.75) is 19.6 Å². The van der Waals surface area contributed by atoms with E-state index in [1.165, 1.54) is 0 Å². The van der Waals surface area contributed by atoms with Crippen molar-refractivity contribution >= 4 is 0 Å². The molecule has 0 spiro atoms. The van der Waals surface area contributed by atoms with Gasteiger partial charge >= 0.3 is 0 Å². The van der Waals surface area contributed by atoms with E-state index in [0.29, 0.717) is 6.61 Å². The summed E-state index contributed by atoms with van der Waals surface area (Å²) >= 11 is 0. The average molecular weight is 115 g/mol. The van der Waals surface area contributed by atoms with Crippen molar-refractivity contribution in [2.24, 2.45) is 5.73 Å². The summed E-state index contributed by atoms with van der Waals surface area (Å²) in [6.07, 6.45) is 1.68. The molecule has 0 atom stereocenters. The van der Waals surface area contributed by atoms with Gasteiger partial charge in [-0.2, -0.15) is 0 Å². The second-order valence-electron chi connectivity index (χ2n) is 2.20. The average Bonchev–Trinajstić information content (AvgIpc) is 1.59. The van der Waals surface area contributed by atoms with E-state index >= 15 is 0 Å². The van der Waals surface area contributed by atoms with Crippen LogP contribution in [0.1, 0.15) is 13.8 Å². The van der Waals surface area contributed by atoms with Gasteiger partial charge in [-0.05, 0) is 13.8 Å². The summed E-state index contributed by atoms with van der Waals surface area (Å²) in [5, 5.41) is 0. The minimum Gasteiger partial charge on any atom is -0.357 e. The lowest BCUT2D eigenvalue weighted by Gasteiger charge is -2.17. The molecular formula is C6H13NO. The monoisotopic (exact) mass is 115 g/mol. The van der Waals surface area contributed by atoms with Gasteiger partial charge < -0.3 is 10.5 Å². The van der Waals surface area contributed by atoms with Crippen molar-refractivity contribution in [3.05, 3.63) is 12.7 Å². The molecule has 8 heavy (non-hydrogen) atoms. The van der Waals surface area contributed by atoms with Gasteiger partial charge in [0.2, 0.25) is 0 Å². The van der Waals surface area contributed by atoms with E-state index in [9.17, 15) is 0 Å². The second-order valence-corrected chi connectivity index (χ2v) is 2.20. The summed E-state index contributed by atoms with van der Waals surface area (Å²) in [6, 6.07) is 0. The van der Waals surface area contributed by atoms with Crippen LogP contribution >= 0.6 is 0 Å². The highest BCUT2D eigenvalue weighted by Crippen LogP contribution is 1.96. The predicted octanol–water partition coefficient (Wildman–Crippen LogP) is 0.884. The fourth-order valence-corrected chi connectivity index (χ4v) is 0.274. The normalized spacial score (nSPS) is 11.4. The van der Waals surface area contributed by atoms with Crippen molar-refractivity contribution in [3.8, 4) is 0 Å². The Labute approximate surface area is 50.3 Å². The summed E-state index contributed by atoms with van der Waals surface area (Å²) in [6.45, 7) is 7.60. The lowest BCUT2D eigenvalue weighted by molar-refractivity contribution is 0.00479. The highest BCUT2D eigenvalue weighted by atomic mass is 16.5. The van der Waals surface area contributed by atoms with Crippen LogP contribution in [-0.2, 0) is 4.74 Å². The van der Waals surface area contributed by atoms with Crippen LogP contribution in [0.5, 0.6) is 0 Å². The number of ether oxygens (including phenoxy) is 1. The Morgan fingerprint density at radius 2 is 2.25 bits per heavy atom. The van der Waals surface area contributed by atoms with Crippen LogP contribution in [-0.4, -0.2) is 12.3 Å². The van der Waals surface area contributed by atoms with E-state index in [1.54, 1.807) is 19.9 Å². The Balaban J connectivity index is 3.24. The third-order valence-electron chi connectivity index (χ3n) is 0.573. The van der Waals surface area contributed by atoms with Gasteiger partial charge in [-0.3, -0.25) is 0 Å². The molecule has 0 bridgehead atoms. The minimum atomic E-state index is -0.520. The molecule has 0 saturated carbocycles. The Bertz CT molecular complexity index is 73.1. The zero-order valence-electron chi connectivity index (χ0n) is 5.48. The van der Waals surface area contributed by atoms with Crippen molar-refractivity contribution < 1.29 is 4.74 Å². The zero-order chi connectivity index (χ0) is 6.62. The molecule has 0 aromatic carbocycles. The Hall–Kier alpha value is -0.340. The highest BCUT2D eigenvalue weighted by molar-refractivity contribution is 4.67. The maximum absolute atomic E-state index is 5.45. The van der Waals surface area contributed by atoms with E-state index in [4.69, 9.17) is 10.5 Å². The van der Waals surface area contributed by atoms with Gasteiger partial charge in [-0.15, -0.1) is 6.58 Å². The van der Waals surface area contributed by atoms with Gasteiger partial charge in [0.05, 0.1) is 6.61 Å². The van der Waals surface area contributed by atoms with Gasteiger partial charge in [-0.1, -0.05) is 6.08 Å². The number of nitrogens with two attached hydrogens (primary N) is 1. The first-order valence-electron chi connectivity index (χ1n) is 2.60. The molecule has 0 saturated heterocycles. The molecule has 0 aliphatic rings. The highest BCUT2D eigenvalue weighted by Gasteiger charge is 2.07. The zero-order valence-corrected chi connectivity index (χ0v) is 5.48. The topological polar surface area (TPSA) is 35.2 Å². The number of rotatable bonds is 3. The predicted molar refractivity (Wildman–Crippen MR) is 34.4 cm³/mol. The SMILES string of the molecule is C=CCOC(C)(C)N. The molecule has 0 unspecified atom stereocenters. The first kappa shape index (κ1) is 7.66. The molecule has 48 valence electrons. The van der Waals surface area contributed by atoms with Gasteiger partial charge in [-0.25, -0.2) is 0 Å². The molecule has 0 fully saturated rings. The van der Waals surface area contributed by atoms with Crippen LogP contribution in [0.15, 0.2) is 12.7 Å².